The fourth-order valence-electron chi connectivity index (χ4n) is 2.71. The van der Waals surface area contributed by atoms with E-state index in [0.717, 1.165) is 6.42 Å². The van der Waals surface area contributed by atoms with Crippen molar-refractivity contribution in [3.8, 4) is 0 Å². The van der Waals surface area contributed by atoms with Gasteiger partial charge in [-0.2, -0.15) is 0 Å². The van der Waals surface area contributed by atoms with Gasteiger partial charge in [0.25, 0.3) is 0 Å². The molecule has 1 aliphatic carbocycles. The number of methoxy groups -OCH3 is 1. The normalized spacial score (nSPS) is 21.6. The van der Waals surface area contributed by atoms with Crippen LogP contribution in [0.4, 0.5) is 0 Å². The smallest absolute Gasteiger partial charge is 0.0715 e. The quantitative estimate of drug-likeness (QED) is 0.495. The lowest BCUT2D eigenvalue weighted by molar-refractivity contribution is -0.0385. The minimum atomic E-state index is -0.937. The van der Waals surface area contributed by atoms with Crippen LogP contribution in [-0.4, -0.2) is 20.8 Å². The zero-order valence-corrected chi connectivity index (χ0v) is 13.4. The van der Waals surface area contributed by atoms with E-state index in [-0.39, 0.29) is 5.60 Å². The minimum Gasteiger partial charge on any atom is -0.378 e. The summed E-state index contributed by atoms with van der Waals surface area (Å²) in [7, 11) is 0.962. The molecule has 0 aliphatic heterocycles. The van der Waals surface area contributed by atoms with Crippen molar-refractivity contribution in [3.05, 3.63) is 11.6 Å². The van der Waals surface area contributed by atoms with Crippen LogP contribution in [-0.2, 0) is 4.74 Å². The molecule has 1 rings (SSSR count). The van der Waals surface area contributed by atoms with Gasteiger partial charge in [0.2, 0.25) is 0 Å². The molecular weight excluding hydrogens is 224 g/mol. The molecule has 0 spiro atoms. The molecule has 0 atom stereocenters. The lowest BCUT2D eigenvalue weighted by Crippen LogP contribution is -2.34. The highest BCUT2D eigenvalue weighted by atomic mass is 28.3. The summed E-state index contributed by atoms with van der Waals surface area (Å²) < 4.78 is 5.85. The Bertz CT molecular complexity index is 257. The van der Waals surface area contributed by atoms with Gasteiger partial charge in [0.15, 0.2) is 0 Å². The zero-order valence-electron chi connectivity index (χ0n) is 12.4. The Morgan fingerprint density at radius 3 is 2.24 bits per heavy atom. The maximum absolute atomic E-state index is 5.85. The molecule has 17 heavy (non-hydrogen) atoms. The van der Waals surface area contributed by atoms with Gasteiger partial charge >= 0.3 is 0 Å². The van der Waals surface area contributed by atoms with Crippen molar-refractivity contribution in [2.45, 2.75) is 76.7 Å². The molecular formula is C15H30OSi. The van der Waals surface area contributed by atoms with E-state index in [1.165, 1.54) is 43.7 Å². The van der Waals surface area contributed by atoms with Crippen LogP contribution < -0.4 is 0 Å². The highest BCUT2D eigenvalue weighted by Gasteiger charge is 2.31. The van der Waals surface area contributed by atoms with E-state index in [1.807, 2.05) is 7.11 Å². The summed E-state index contributed by atoms with van der Waals surface area (Å²) >= 11 is 0. The van der Waals surface area contributed by atoms with E-state index >= 15 is 0 Å². The SMILES string of the molecule is COC1(C/C(C)=C\C[Si](C)(C)C)CCCCC1. The molecule has 0 aromatic carbocycles. The van der Waals surface area contributed by atoms with Crippen molar-refractivity contribution in [1.29, 1.82) is 0 Å². The summed E-state index contributed by atoms with van der Waals surface area (Å²) in [6, 6.07) is 1.30. The Morgan fingerprint density at radius 2 is 1.76 bits per heavy atom. The van der Waals surface area contributed by atoms with Gasteiger partial charge in [-0.05, 0) is 32.2 Å². The van der Waals surface area contributed by atoms with Crippen molar-refractivity contribution in [3.63, 3.8) is 0 Å². The Balaban J connectivity index is 2.55. The molecule has 0 heterocycles. The van der Waals surface area contributed by atoms with Crippen molar-refractivity contribution >= 4 is 8.07 Å². The summed E-state index contributed by atoms with van der Waals surface area (Å²) in [4.78, 5) is 0. The van der Waals surface area contributed by atoms with Crippen LogP contribution in [0.5, 0.6) is 0 Å². The second kappa shape index (κ2) is 6.19. The molecule has 0 N–H and O–H groups in total. The van der Waals surface area contributed by atoms with Crippen LogP contribution >= 0.6 is 0 Å². The fraction of sp³-hybridized carbons (Fsp3) is 0.867. The molecule has 0 unspecified atom stereocenters. The highest BCUT2D eigenvalue weighted by molar-refractivity contribution is 6.76. The highest BCUT2D eigenvalue weighted by Crippen LogP contribution is 2.36. The molecule has 0 saturated heterocycles. The maximum Gasteiger partial charge on any atom is 0.0715 e. The first-order chi connectivity index (χ1) is 7.87. The van der Waals surface area contributed by atoms with Gasteiger partial charge in [-0.1, -0.05) is 50.6 Å². The van der Waals surface area contributed by atoms with Gasteiger partial charge in [-0.15, -0.1) is 0 Å². The monoisotopic (exact) mass is 254 g/mol. The van der Waals surface area contributed by atoms with Crippen LogP contribution in [0.3, 0.4) is 0 Å². The fourth-order valence-corrected chi connectivity index (χ4v) is 3.67. The molecule has 0 aromatic heterocycles. The number of hydrogen-bond acceptors (Lipinski definition) is 1. The van der Waals surface area contributed by atoms with Gasteiger partial charge in [0.05, 0.1) is 5.60 Å². The van der Waals surface area contributed by atoms with Crippen molar-refractivity contribution < 1.29 is 4.74 Å². The van der Waals surface area contributed by atoms with Gasteiger partial charge in [0.1, 0.15) is 0 Å². The van der Waals surface area contributed by atoms with Crippen molar-refractivity contribution in [2.75, 3.05) is 7.11 Å². The van der Waals surface area contributed by atoms with Gasteiger partial charge in [-0.25, -0.2) is 0 Å². The Kier molecular flexibility index (Phi) is 5.45. The first-order valence-electron chi connectivity index (χ1n) is 7.08. The molecule has 1 fully saturated rings. The average molecular weight is 254 g/mol. The maximum atomic E-state index is 5.85. The largest absolute Gasteiger partial charge is 0.378 e. The van der Waals surface area contributed by atoms with Crippen LogP contribution in [0.1, 0.15) is 45.4 Å². The van der Waals surface area contributed by atoms with Crippen LogP contribution in [0, 0.1) is 0 Å². The van der Waals surface area contributed by atoms with Gasteiger partial charge < -0.3 is 4.74 Å². The number of allylic oxidation sites excluding steroid dienone is 1. The van der Waals surface area contributed by atoms with E-state index in [2.05, 4.69) is 32.6 Å². The number of ether oxygens (including phenoxy) is 1. The summed E-state index contributed by atoms with van der Waals surface area (Å²) in [6.45, 7) is 9.59. The molecule has 0 aromatic rings. The molecule has 1 nitrogen and oxygen atoms in total. The van der Waals surface area contributed by atoms with Gasteiger partial charge in [-0.3, -0.25) is 0 Å². The lowest BCUT2D eigenvalue weighted by Gasteiger charge is -2.36. The van der Waals surface area contributed by atoms with E-state index in [9.17, 15) is 0 Å². The second-order valence-electron chi connectivity index (χ2n) is 6.94. The van der Waals surface area contributed by atoms with Crippen LogP contribution in [0.25, 0.3) is 0 Å². The zero-order chi connectivity index (χ0) is 12.9. The second-order valence-corrected chi connectivity index (χ2v) is 12.5. The van der Waals surface area contributed by atoms with Crippen molar-refractivity contribution in [2.24, 2.45) is 0 Å². The first-order valence-corrected chi connectivity index (χ1v) is 10.8. The third kappa shape index (κ3) is 5.39. The summed E-state index contributed by atoms with van der Waals surface area (Å²) in [5.74, 6) is 0. The molecule has 0 bridgehead atoms. The summed E-state index contributed by atoms with van der Waals surface area (Å²) in [6.07, 6.45) is 10.2. The van der Waals surface area contributed by atoms with E-state index in [1.54, 1.807) is 0 Å². The van der Waals surface area contributed by atoms with E-state index in [0.29, 0.717) is 0 Å². The average Bonchev–Trinajstić information content (AvgIpc) is 2.27. The number of rotatable bonds is 5. The summed E-state index contributed by atoms with van der Waals surface area (Å²) in [5.41, 5.74) is 1.70. The molecule has 2 heteroatoms. The molecule has 100 valence electrons. The summed E-state index contributed by atoms with van der Waals surface area (Å²) in [5, 5.41) is 0. The third-order valence-corrected chi connectivity index (χ3v) is 5.29. The topological polar surface area (TPSA) is 9.23 Å². The molecule has 0 amide bonds. The Labute approximate surface area is 109 Å². The standard InChI is InChI=1S/C15H30OSi/c1-14(9-12-17(3,4)5)13-15(16-2)10-7-6-8-11-15/h9H,6-8,10-13H2,1-5H3/b14-9-. The third-order valence-electron chi connectivity index (χ3n) is 3.86. The Hall–Kier alpha value is -0.0831. The predicted octanol–water partition coefficient (Wildman–Crippen LogP) is 5.01. The van der Waals surface area contributed by atoms with Crippen molar-refractivity contribution in [1.82, 2.24) is 0 Å². The van der Waals surface area contributed by atoms with E-state index in [4.69, 9.17) is 4.74 Å². The molecule has 1 saturated carbocycles. The van der Waals surface area contributed by atoms with Crippen LogP contribution in [0.2, 0.25) is 25.7 Å². The van der Waals surface area contributed by atoms with Crippen LogP contribution in [0.15, 0.2) is 11.6 Å². The lowest BCUT2D eigenvalue weighted by atomic mass is 9.80. The van der Waals surface area contributed by atoms with E-state index < -0.39 is 8.07 Å². The predicted molar refractivity (Wildman–Crippen MR) is 79.4 cm³/mol. The Morgan fingerprint density at radius 1 is 1.18 bits per heavy atom. The number of hydrogen-bond donors (Lipinski definition) is 0. The van der Waals surface area contributed by atoms with Gasteiger partial charge in [0, 0.05) is 15.2 Å². The first kappa shape index (κ1) is 15.0. The molecule has 1 aliphatic rings. The minimum absolute atomic E-state index is 0.165. The molecule has 0 radical (unpaired) electrons.